The van der Waals surface area contributed by atoms with Gasteiger partial charge in [-0.1, -0.05) is 18.2 Å². The molecular weight excluding hydrogens is 382 g/mol. The highest BCUT2D eigenvalue weighted by atomic mass is 32.2. The zero-order valence-electron chi connectivity index (χ0n) is 15.0. The molecule has 2 aromatic rings. The van der Waals surface area contributed by atoms with Gasteiger partial charge in [0.25, 0.3) is 10.0 Å². The van der Waals surface area contributed by atoms with Crippen LogP contribution >= 0.6 is 11.3 Å². The Bertz CT molecular complexity index is 949. The van der Waals surface area contributed by atoms with E-state index in [-0.39, 0.29) is 18.4 Å². The highest BCUT2D eigenvalue weighted by Gasteiger charge is 2.34. The molecule has 1 aliphatic rings. The van der Waals surface area contributed by atoms with Crippen LogP contribution in [0.5, 0.6) is 0 Å². The lowest BCUT2D eigenvalue weighted by Crippen LogP contribution is -2.45. The lowest BCUT2D eigenvalue weighted by molar-refractivity contribution is -0.135. The zero-order valence-corrected chi connectivity index (χ0v) is 16.7. The standard InChI is InChI=1S/C19H21N3O3S2/c1-21(13-16-6-2-5-15(11-16)12-20)19(23)17-7-3-9-22(14-17)27(24,25)18-8-4-10-26-18/h2,4-6,8,10-11,17H,3,7,9,13-14H2,1H3. The molecule has 1 fully saturated rings. The first-order chi connectivity index (χ1) is 12.9. The van der Waals surface area contributed by atoms with Gasteiger partial charge in [0, 0.05) is 26.7 Å². The van der Waals surface area contributed by atoms with Crippen molar-refractivity contribution in [2.24, 2.45) is 5.92 Å². The second-order valence-corrected chi connectivity index (χ2v) is 9.75. The summed E-state index contributed by atoms with van der Waals surface area (Å²) in [6.45, 7) is 1.04. The number of nitriles is 1. The molecule has 0 radical (unpaired) electrons. The number of carbonyl (C=O) groups excluding carboxylic acids is 1. The summed E-state index contributed by atoms with van der Waals surface area (Å²) in [6, 6.07) is 12.6. The molecule has 8 heteroatoms. The third-order valence-corrected chi connectivity index (χ3v) is 7.91. The molecule has 0 spiro atoms. The lowest BCUT2D eigenvalue weighted by Gasteiger charge is -2.33. The van der Waals surface area contributed by atoms with Crippen molar-refractivity contribution in [2.75, 3.05) is 20.1 Å². The number of hydrogen-bond donors (Lipinski definition) is 0. The van der Waals surface area contributed by atoms with Crippen LogP contribution in [0.25, 0.3) is 0 Å². The van der Waals surface area contributed by atoms with Crippen molar-refractivity contribution < 1.29 is 13.2 Å². The van der Waals surface area contributed by atoms with Crippen LogP contribution in [0, 0.1) is 17.2 Å². The number of amides is 1. The van der Waals surface area contributed by atoms with E-state index in [1.54, 1.807) is 47.7 Å². The summed E-state index contributed by atoms with van der Waals surface area (Å²) < 4.78 is 27.2. The Morgan fingerprint density at radius 2 is 2.19 bits per heavy atom. The summed E-state index contributed by atoms with van der Waals surface area (Å²) in [7, 11) is -1.82. The molecule has 1 unspecified atom stereocenters. The summed E-state index contributed by atoms with van der Waals surface area (Å²) >= 11 is 1.19. The highest BCUT2D eigenvalue weighted by Crippen LogP contribution is 2.27. The fraction of sp³-hybridized carbons (Fsp3) is 0.368. The lowest BCUT2D eigenvalue weighted by atomic mass is 9.98. The van der Waals surface area contributed by atoms with Gasteiger partial charge in [-0.15, -0.1) is 11.3 Å². The Balaban J connectivity index is 1.68. The smallest absolute Gasteiger partial charge is 0.252 e. The fourth-order valence-electron chi connectivity index (χ4n) is 3.30. The van der Waals surface area contributed by atoms with Gasteiger partial charge in [-0.2, -0.15) is 9.57 Å². The third-order valence-electron chi connectivity index (χ3n) is 4.67. The van der Waals surface area contributed by atoms with Gasteiger partial charge >= 0.3 is 0 Å². The van der Waals surface area contributed by atoms with E-state index in [9.17, 15) is 13.2 Å². The average molecular weight is 404 g/mol. The molecule has 1 amide bonds. The van der Waals surface area contributed by atoms with Crippen molar-refractivity contribution >= 4 is 27.3 Å². The quantitative estimate of drug-likeness (QED) is 0.769. The molecule has 1 aliphatic heterocycles. The van der Waals surface area contributed by atoms with Gasteiger partial charge in [-0.05, 0) is 42.0 Å². The van der Waals surface area contributed by atoms with E-state index in [2.05, 4.69) is 6.07 Å². The summed E-state index contributed by atoms with van der Waals surface area (Å²) in [6.07, 6.45) is 1.34. The van der Waals surface area contributed by atoms with Crippen molar-refractivity contribution in [3.05, 3.63) is 52.9 Å². The van der Waals surface area contributed by atoms with Crippen molar-refractivity contribution in [3.8, 4) is 6.07 Å². The highest BCUT2D eigenvalue weighted by molar-refractivity contribution is 7.91. The Kier molecular flexibility index (Phi) is 5.95. The monoisotopic (exact) mass is 403 g/mol. The first-order valence-corrected chi connectivity index (χ1v) is 11.0. The summed E-state index contributed by atoms with van der Waals surface area (Å²) in [4.78, 5) is 14.5. The first kappa shape index (κ1) is 19.5. The second-order valence-electron chi connectivity index (χ2n) is 6.64. The SMILES string of the molecule is CN(Cc1cccc(C#N)c1)C(=O)C1CCCN(S(=O)(=O)c2cccs2)C1. The molecule has 1 aromatic carbocycles. The molecular formula is C19H21N3O3S2. The predicted octanol–water partition coefficient (Wildman–Crippen LogP) is 2.68. The van der Waals surface area contributed by atoms with E-state index in [4.69, 9.17) is 5.26 Å². The maximum absolute atomic E-state index is 12.9. The van der Waals surface area contributed by atoms with Crippen molar-refractivity contribution in [2.45, 2.75) is 23.6 Å². The van der Waals surface area contributed by atoms with Crippen LogP contribution in [0.15, 0.2) is 46.0 Å². The Hall–Kier alpha value is -2.21. The van der Waals surface area contributed by atoms with Crippen LogP contribution in [0.3, 0.4) is 0 Å². The molecule has 142 valence electrons. The number of rotatable bonds is 5. The van der Waals surface area contributed by atoms with E-state index in [0.29, 0.717) is 35.7 Å². The number of nitrogens with zero attached hydrogens (tertiary/aromatic N) is 3. The number of carbonyl (C=O) groups is 1. The van der Waals surface area contributed by atoms with Crippen LogP contribution in [0.2, 0.25) is 0 Å². The maximum Gasteiger partial charge on any atom is 0.252 e. The molecule has 0 saturated carbocycles. The van der Waals surface area contributed by atoms with Gasteiger partial charge < -0.3 is 4.90 Å². The second kappa shape index (κ2) is 8.21. The van der Waals surface area contributed by atoms with Gasteiger partial charge in [0.15, 0.2) is 0 Å². The zero-order chi connectivity index (χ0) is 19.4. The molecule has 1 saturated heterocycles. The van der Waals surface area contributed by atoms with Crippen molar-refractivity contribution in [3.63, 3.8) is 0 Å². The number of benzene rings is 1. The Morgan fingerprint density at radius 1 is 1.37 bits per heavy atom. The van der Waals surface area contributed by atoms with Gasteiger partial charge in [0.2, 0.25) is 5.91 Å². The minimum Gasteiger partial charge on any atom is -0.341 e. The van der Waals surface area contributed by atoms with Crippen LogP contribution in [0.4, 0.5) is 0 Å². The topological polar surface area (TPSA) is 81.5 Å². The largest absolute Gasteiger partial charge is 0.341 e. The van der Waals surface area contributed by atoms with Crippen LogP contribution in [-0.4, -0.2) is 43.7 Å². The Labute approximate surface area is 163 Å². The first-order valence-electron chi connectivity index (χ1n) is 8.69. The normalized spacial score (nSPS) is 18.0. The average Bonchev–Trinajstić information content (AvgIpc) is 3.23. The molecule has 0 N–H and O–H groups in total. The fourth-order valence-corrected chi connectivity index (χ4v) is 5.97. The third kappa shape index (κ3) is 4.38. The van der Waals surface area contributed by atoms with Crippen LogP contribution in [-0.2, 0) is 21.4 Å². The minimum atomic E-state index is -3.53. The van der Waals surface area contributed by atoms with Crippen molar-refractivity contribution in [1.82, 2.24) is 9.21 Å². The molecule has 3 rings (SSSR count). The summed E-state index contributed by atoms with van der Waals surface area (Å²) in [5.74, 6) is -0.416. The van der Waals surface area contributed by atoms with E-state index in [1.165, 1.54) is 15.6 Å². The number of hydrogen-bond acceptors (Lipinski definition) is 5. The van der Waals surface area contributed by atoms with E-state index < -0.39 is 10.0 Å². The summed E-state index contributed by atoms with van der Waals surface area (Å²) in [5.41, 5.74) is 1.43. The molecule has 1 aromatic heterocycles. The Morgan fingerprint density at radius 3 is 2.89 bits per heavy atom. The number of sulfonamides is 1. The van der Waals surface area contributed by atoms with E-state index in [0.717, 1.165) is 5.56 Å². The predicted molar refractivity (Wildman–Crippen MR) is 103 cm³/mol. The minimum absolute atomic E-state index is 0.0663. The summed E-state index contributed by atoms with van der Waals surface area (Å²) in [5, 5.41) is 10.7. The molecule has 27 heavy (non-hydrogen) atoms. The van der Waals surface area contributed by atoms with Gasteiger partial charge in [0.05, 0.1) is 17.6 Å². The molecule has 0 bridgehead atoms. The number of thiophene rings is 1. The van der Waals surface area contributed by atoms with Gasteiger partial charge in [0.1, 0.15) is 4.21 Å². The number of piperidine rings is 1. The van der Waals surface area contributed by atoms with E-state index in [1.807, 2.05) is 6.07 Å². The van der Waals surface area contributed by atoms with Crippen molar-refractivity contribution in [1.29, 1.82) is 5.26 Å². The maximum atomic E-state index is 12.9. The van der Waals surface area contributed by atoms with E-state index >= 15 is 0 Å². The molecule has 6 nitrogen and oxygen atoms in total. The molecule has 0 aliphatic carbocycles. The van der Waals surface area contributed by atoms with Crippen LogP contribution < -0.4 is 0 Å². The van der Waals surface area contributed by atoms with Crippen LogP contribution in [0.1, 0.15) is 24.0 Å². The molecule has 2 heterocycles. The molecule has 1 atom stereocenters. The van der Waals surface area contributed by atoms with Gasteiger partial charge in [-0.3, -0.25) is 4.79 Å². The van der Waals surface area contributed by atoms with Gasteiger partial charge in [-0.25, -0.2) is 8.42 Å².